The predicted octanol–water partition coefficient (Wildman–Crippen LogP) is -2.70. The van der Waals surface area contributed by atoms with Crippen molar-refractivity contribution >= 4 is 5.91 Å². The molecule has 1 amide bonds. The lowest BCUT2D eigenvalue weighted by Gasteiger charge is -2.23. The zero-order chi connectivity index (χ0) is 8.36. The molecule has 0 aliphatic heterocycles. The quantitative estimate of drug-likeness (QED) is 0.279. The van der Waals surface area contributed by atoms with Gasteiger partial charge in [-0.15, -0.1) is 0 Å². The van der Waals surface area contributed by atoms with Crippen molar-refractivity contribution in [3.63, 3.8) is 0 Å². The Morgan fingerprint density at radius 3 is 1.82 bits per heavy atom. The molecule has 0 saturated carbocycles. The molecule has 4 heteroatoms. The van der Waals surface area contributed by atoms with Gasteiger partial charge in [0.15, 0.2) is 0 Å². The van der Waals surface area contributed by atoms with Gasteiger partial charge >= 0.3 is 0 Å². The maximum atomic E-state index is 10.9. The lowest BCUT2D eigenvalue weighted by Crippen LogP contribution is -3.00. The van der Waals surface area contributed by atoms with Gasteiger partial charge in [0, 0.05) is 5.57 Å². The van der Waals surface area contributed by atoms with Crippen LogP contribution in [0.2, 0.25) is 0 Å². The van der Waals surface area contributed by atoms with Gasteiger partial charge in [0.25, 0.3) is 5.91 Å². The fraction of sp³-hybridized carbons (Fsp3) is 0.571. The molecule has 0 rings (SSSR count). The molecule has 0 aromatic rings. The molecule has 0 bridgehead atoms. The third kappa shape index (κ3) is 7.36. The van der Waals surface area contributed by atoms with E-state index >= 15 is 0 Å². The van der Waals surface area contributed by atoms with Crippen LogP contribution in [0.5, 0.6) is 0 Å². The molecule has 0 saturated heterocycles. The summed E-state index contributed by atoms with van der Waals surface area (Å²) in [6.07, 6.45) is 0. The number of amides is 1. The summed E-state index contributed by atoms with van der Waals surface area (Å²) in [7, 11) is 5.63. The Labute approximate surface area is 74.0 Å². The second-order valence-corrected chi connectivity index (χ2v) is 3.23. The van der Waals surface area contributed by atoms with E-state index in [2.05, 4.69) is 12.0 Å². The Bertz CT molecular complexity index is 160. The summed E-state index contributed by atoms with van der Waals surface area (Å²) in [5.74, 6) is -0.104. The molecule has 1 N–H and O–H groups in total. The van der Waals surface area contributed by atoms with E-state index in [1.165, 1.54) is 0 Å². The first-order valence-corrected chi connectivity index (χ1v) is 3.12. The van der Waals surface area contributed by atoms with Gasteiger partial charge in [-0.25, -0.2) is 4.59 Å². The number of carbonyl (C=O) groups is 1. The van der Waals surface area contributed by atoms with Gasteiger partial charge in [-0.1, -0.05) is 6.58 Å². The molecule has 0 atom stereocenters. The molecule has 0 aliphatic rings. The first kappa shape index (κ1) is 13.1. The number of carbonyl (C=O) groups excluding carboxylic acids is 1. The van der Waals surface area contributed by atoms with E-state index < -0.39 is 0 Å². The smallest absolute Gasteiger partial charge is 0.290 e. The highest BCUT2D eigenvalue weighted by Gasteiger charge is 2.11. The topological polar surface area (TPSA) is 29.1 Å². The Morgan fingerprint density at radius 1 is 1.36 bits per heavy atom. The Kier molecular flexibility index (Phi) is 5.19. The molecule has 0 heterocycles. The van der Waals surface area contributed by atoms with Crippen molar-refractivity contribution in [2.24, 2.45) is 0 Å². The van der Waals surface area contributed by atoms with Crippen LogP contribution in [0.3, 0.4) is 0 Å². The van der Waals surface area contributed by atoms with Crippen molar-refractivity contribution in [2.45, 2.75) is 6.92 Å². The molecule has 0 aromatic carbocycles. The first-order chi connectivity index (χ1) is 4.33. The fourth-order valence-electron chi connectivity index (χ4n) is 0.400. The summed E-state index contributed by atoms with van der Waals surface area (Å²) in [5.41, 5.74) is 3.25. The summed E-state index contributed by atoms with van der Waals surface area (Å²) in [6, 6.07) is 0. The average Bonchev–Trinajstić information content (AvgIpc) is 1.60. The minimum absolute atomic E-state index is 0. The number of hydrogen-bond acceptors (Lipinski definition) is 1. The standard InChI is InChI=1S/C7H14N2O.ClH/c1-6(2)7(10)8-9(3,4)5;/h1H2,2-5H3;1H. The number of hydrogen-bond donors (Lipinski definition) is 1. The van der Waals surface area contributed by atoms with E-state index in [1.54, 1.807) is 6.92 Å². The van der Waals surface area contributed by atoms with Crippen LogP contribution in [0, 0.1) is 0 Å². The Morgan fingerprint density at radius 2 is 1.73 bits per heavy atom. The molecular formula is C7H15ClN2O. The molecule has 0 aromatic heterocycles. The third-order valence-electron chi connectivity index (χ3n) is 0.825. The SMILES string of the molecule is C=C(C)C(=O)N[N+](C)(C)C.[Cl-]. The molecule has 3 nitrogen and oxygen atoms in total. The first-order valence-electron chi connectivity index (χ1n) is 3.12. The maximum Gasteiger partial charge on any atom is 0.290 e. The van der Waals surface area contributed by atoms with E-state index in [9.17, 15) is 4.79 Å². The van der Waals surface area contributed by atoms with Crippen LogP contribution in [-0.2, 0) is 4.79 Å². The van der Waals surface area contributed by atoms with Crippen LogP contribution >= 0.6 is 0 Å². The van der Waals surface area contributed by atoms with Gasteiger partial charge in [0.1, 0.15) is 0 Å². The Hall–Kier alpha value is -0.540. The van der Waals surface area contributed by atoms with Crippen LogP contribution in [-0.4, -0.2) is 31.6 Å². The van der Waals surface area contributed by atoms with Gasteiger partial charge in [0.2, 0.25) is 0 Å². The van der Waals surface area contributed by atoms with Crippen molar-refractivity contribution in [1.82, 2.24) is 5.43 Å². The number of halogens is 1. The Balaban J connectivity index is 0. The second-order valence-electron chi connectivity index (χ2n) is 3.23. The van der Waals surface area contributed by atoms with Crippen molar-refractivity contribution < 1.29 is 21.8 Å². The summed E-state index contributed by atoms with van der Waals surface area (Å²) in [4.78, 5) is 10.9. The van der Waals surface area contributed by atoms with Crippen LogP contribution in [0.1, 0.15) is 6.92 Å². The van der Waals surface area contributed by atoms with Crippen LogP contribution in [0.25, 0.3) is 0 Å². The van der Waals surface area contributed by atoms with Gasteiger partial charge in [0.05, 0.1) is 21.1 Å². The summed E-state index contributed by atoms with van der Waals surface area (Å²) < 4.78 is 0.422. The fourth-order valence-corrected chi connectivity index (χ4v) is 0.400. The molecule has 0 fully saturated rings. The number of nitrogens with zero attached hydrogens (tertiary/aromatic N) is 1. The number of quaternary nitrogens is 1. The van der Waals surface area contributed by atoms with Crippen molar-refractivity contribution in [2.75, 3.05) is 21.1 Å². The summed E-state index contributed by atoms with van der Waals surface area (Å²) in [5, 5.41) is 0. The molecular weight excluding hydrogens is 164 g/mol. The lowest BCUT2D eigenvalue weighted by molar-refractivity contribution is -0.905. The minimum atomic E-state index is -0.104. The normalized spacial score (nSPS) is 9.82. The van der Waals surface area contributed by atoms with Gasteiger partial charge in [-0.3, -0.25) is 4.79 Å². The number of rotatable bonds is 2. The van der Waals surface area contributed by atoms with E-state index in [-0.39, 0.29) is 18.3 Å². The zero-order valence-corrected chi connectivity index (χ0v) is 8.20. The lowest BCUT2D eigenvalue weighted by atomic mass is 10.3. The number of nitrogens with one attached hydrogen (secondary N) is 1. The second kappa shape index (κ2) is 4.36. The highest BCUT2D eigenvalue weighted by molar-refractivity contribution is 5.91. The van der Waals surface area contributed by atoms with E-state index in [0.29, 0.717) is 10.2 Å². The summed E-state index contributed by atoms with van der Waals surface area (Å²) >= 11 is 0. The van der Waals surface area contributed by atoms with Crippen molar-refractivity contribution in [1.29, 1.82) is 0 Å². The van der Waals surface area contributed by atoms with Gasteiger partial charge < -0.3 is 12.4 Å². The highest BCUT2D eigenvalue weighted by atomic mass is 35.5. The molecule has 66 valence electrons. The van der Waals surface area contributed by atoms with Crippen LogP contribution < -0.4 is 17.8 Å². The van der Waals surface area contributed by atoms with Gasteiger partial charge in [-0.2, -0.15) is 5.43 Å². The molecule has 11 heavy (non-hydrogen) atoms. The average molecular weight is 179 g/mol. The third-order valence-corrected chi connectivity index (χ3v) is 0.825. The monoisotopic (exact) mass is 178 g/mol. The van der Waals surface area contributed by atoms with Crippen molar-refractivity contribution in [3.05, 3.63) is 12.2 Å². The molecule has 0 spiro atoms. The minimum Gasteiger partial charge on any atom is -1.00 e. The summed E-state index contributed by atoms with van der Waals surface area (Å²) in [6.45, 7) is 5.20. The van der Waals surface area contributed by atoms with Crippen LogP contribution in [0.15, 0.2) is 12.2 Å². The molecule has 0 unspecified atom stereocenters. The maximum absolute atomic E-state index is 10.9. The molecule has 0 aliphatic carbocycles. The predicted molar refractivity (Wildman–Crippen MR) is 41.0 cm³/mol. The zero-order valence-electron chi connectivity index (χ0n) is 7.44. The molecule has 0 radical (unpaired) electrons. The van der Waals surface area contributed by atoms with E-state index in [1.807, 2.05) is 21.1 Å². The highest BCUT2D eigenvalue weighted by Crippen LogP contribution is 1.89. The van der Waals surface area contributed by atoms with Gasteiger partial charge in [-0.05, 0) is 6.92 Å². The van der Waals surface area contributed by atoms with Crippen molar-refractivity contribution in [3.8, 4) is 0 Å². The largest absolute Gasteiger partial charge is 1.00 e. The van der Waals surface area contributed by atoms with E-state index in [0.717, 1.165) is 0 Å². The van der Waals surface area contributed by atoms with Crippen LogP contribution in [0.4, 0.5) is 0 Å². The van der Waals surface area contributed by atoms with E-state index in [4.69, 9.17) is 0 Å².